The molecule has 0 spiro atoms. The van der Waals surface area contributed by atoms with Gasteiger partial charge in [0.2, 0.25) is 5.88 Å². The molecule has 9 heteroatoms. The van der Waals surface area contributed by atoms with Crippen LogP contribution in [0.3, 0.4) is 0 Å². The minimum atomic E-state index is -0.485. The number of ether oxygens (including phenoxy) is 1. The lowest BCUT2D eigenvalue weighted by molar-refractivity contribution is 0.119. The van der Waals surface area contributed by atoms with Crippen molar-refractivity contribution >= 4 is 17.1 Å². The molecule has 9 nitrogen and oxygen atoms in total. The number of nitrogens with one attached hydrogen (secondary N) is 1. The van der Waals surface area contributed by atoms with Crippen molar-refractivity contribution in [2.75, 3.05) is 33.2 Å². The van der Waals surface area contributed by atoms with E-state index in [2.05, 4.69) is 19.9 Å². The van der Waals surface area contributed by atoms with Gasteiger partial charge in [-0.2, -0.15) is 0 Å². The summed E-state index contributed by atoms with van der Waals surface area (Å²) in [6, 6.07) is 10.8. The van der Waals surface area contributed by atoms with Crippen LogP contribution >= 0.6 is 0 Å². The van der Waals surface area contributed by atoms with E-state index < -0.39 is 6.09 Å². The van der Waals surface area contributed by atoms with Crippen molar-refractivity contribution in [1.82, 2.24) is 29.3 Å². The number of aryl methyl sites for hydroxylation is 1. The molecule has 2 aromatic heterocycles. The average molecular weight is 418 g/mol. The van der Waals surface area contributed by atoms with Gasteiger partial charge in [0.1, 0.15) is 11.5 Å². The fourth-order valence-electron chi connectivity index (χ4n) is 3.77. The SMILES string of the molecule is Cc1ccc2ccc(-n3c(OC(=O)N4CCN(C)CC4)c4[nH]cccc-4c3=O)nc2n1. The second-order valence-electron chi connectivity index (χ2n) is 7.73. The van der Waals surface area contributed by atoms with Crippen LogP contribution in [0.5, 0.6) is 5.88 Å². The van der Waals surface area contributed by atoms with Crippen LogP contribution in [-0.4, -0.2) is 68.6 Å². The Bertz CT molecular complexity index is 1300. The highest BCUT2D eigenvalue weighted by Gasteiger charge is 2.29. The molecule has 0 radical (unpaired) electrons. The second kappa shape index (κ2) is 7.51. The van der Waals surface area contributed by atoms with Gasteiger partial charge in [-0.05, 0) is 50.4 Å². The van der Waals surface area contributed by atoms with Gasteiger partial charge in [-0.15, -0.1) is 0 Å². The number of nitrogens with zero attached hydrogens (tertiary/aromatic N) is 5. The van der Waals surface area contributed by atoms with Crippen molar-refractivity contribution in [2.24, 2.45) is 0 Å². The Morgan fingerprint density at radius 1 is 1.06 bits per heavy atom. The summed E-state index contributed by atoms with van der Waals surface area (Å²) in [6.07, 6.45) is 1.21. The molecule has 31 heavy (non-hydrogen) atoms. The first-order valence-electron chi connectivity index (χ1n) is 10.1. The number of rotatable bonds is 2. The third-order valence-corrected chi connectivity index (χ3v) is 5.56. The molecule has 1 fully saturated rings. The highest BCUT2D eigenvalue weighted by atomic mass is 16.6. The van der Waals surface area contributed by atoms with Crippen LogP contribution in [0, 0.1) is 6.92 Å². The molecule has 1 N–H and O–H groups in total. The standard InChI is InChI=1S/C22H22N6O3/c1-14-5-6-15-7-8-17(25-19(15)24-14)28-20(29)16-4-3-9-23-18(16)21(28)31-22(30)27-12-10-26(2)11-13-27/h3-9,23H,10-13H2,1-2H3. The minimum Gasteiger partial charge on any atom is -0.390 e. The van der Waals surface area contributed by atoms with Crippen molar-refractivity contribution < 1.29 is 9.53 Å². The minimum absolute atomic E-state index is 0.129. The number of carbonyl (C=O) groups is 1. The van der Waals surface area contributed by atoms with Gasteiger partial charge in [-0.1, -0.05) is 0 Å². The van der Waals surface area contributed by atoms with Crippen molar-refractivity contribution in [2.45, 2.75) is 6.92 Å². The number of piperazine rings is 1. The van der Waals surface area contributed by atoms with Gasteiger partial charge >= 0.3 is 6.09 Å². The third-order valence-electron chi connectivity index (χ3n) is 5.56. The van der Waals surface area contributed by atoms with E-state index in [9.17, 15) is 9.59 Å². The van der Waals surface area contributed by atoms with Crippen molar-refractivity contribution in [3.63, 3.8) is 0 Å². The number of aromatic nitrogens is 4. The molecule has 5 heterocycles. The number of fused-ring (bicyclic) bond motifs is 2. The smallest absolute Gasteiger partial charge is 0.390 e. The van der Waals surface area contributed by atoms with Gasteiger partial charge in [-0.3, -0.25) is 4.79 Å². The highest BCUT2D eigenvalue weighted by Crippen LogP contribution is 2.31. The van der Waals surface area contributed by atoms with Gasteiger partial charge < -0.3 is 19.5 Å². The Kier molecular flexibility index (Phi) is 4.67. The van der Waals surface area contributed by atoms with Crippen molar-refractivity contribution in [1.29, 1.82) is 0 Å². The van der Waals surface area contributed by atoms with Crippen LogP contribution in [-0.2, 0) is 0 Å². The number of likely N-dealkylation sites (N-methyl/N-ethyl adjacent to an activating group) is 1. The van der Waals surface area contributed by atoms with Crippen LogP contribution in [0.4, 0.5) is 4.79 Å². The molecule has 3 aliphatic heterocycles. The number of carbonyl (C=O) groups excluding carboxylic acids is 1. The number of amides is 1. The van der Waals surface area contributed by atoms with E-state index in [-0.39, 0.29) is 11.4 Å². The maximum atomic E-state index is 13.2. The van der Waals surface area contributed by atoms with Crippen LogP contribution in [0.1, 0.15) is 5.69 Å². The Morgan fingerprint density at radius 3 is 2.65 bits per heavy atom. The number of hydrogen-bond donors (Lipinski definition) is 1. The quantitative estimate of drug-likeness (QED) is 0.537. The zero-order valence-electron chi connectivity index (χ0n) is 17.3. The van der Waals surface area contributed by atoms with Crippen LogP contribution in [0.2, 0.25) is 0 Å². The summed E-state index contributed by atoms with van der Waals surface area (Å²) in [5.41, 5.74) is 1.91. The number of H-pyrrole nitrogens is 1. The topological polar surface area (TPSA) is 96.3 Å². The van der Waals surface area contributed by atoms with E-state index in [0.29, 0.717) is 35.8 Å². The second-order valence-corrected chi connectivity index (χ2v) is 7.73. The Labute approximate surface area is 178 Å². The fourth-order valence-corrected chi connectivity index (χ4v) is 3.77. The molecule has 0 aromatic carbocycles. The van der Waals surface area contributed by atoms with Gasteiger partial charge in [0.05, 0.1) is 5.56 Å². The molecule has 1 amide bonds. The van der Waals surface area contributed by atoms with E-state index in [0.717, 1.165) is 24.2 Å². The van der Waals surface area contributed by atoms with E-state index in [1.165, 1.54) is 4.57 Å². The number of aromatic amines is 1. The summed E-state index contributed by atoms with van der Waals surface area (Å²) >= 11 is 0. The van der Waals surface area contributed by atoms with Gasteiger partial charge in [-0.25, -0.2) is 19.3 Å². The average Bonchev–Trinajstić information content (AvgIpc) is 3.05. The highest BCUT2D eigenvalue weighted by molar-refractivity contribution is 5.78. The molecule has 3 aliphatic rings. The molecule has 0 unspecified atom stereocenters. The Hall–Kier alpha value is -3.72. The molecule has 2 aromatic rings. The molecule has 5 rings (SSSR count). The monoisotopic (exact) mass is 418 g/mol. The Balaban J connectivity index is 1.61. The van der Waals surface area contributed by atoms with Gasteiger partial charge in [0.25, 0.3) is 5.56 Å². The summed E-state index contributed by atoms with van der Waals surface area (Å²) in [4.78, 5) is 42.0. The molecule has 158 valence electrons. The van der Waals surface area contributed by atoms with E-state index in [1.807, 2.05) is 32.2 Å². The maximum Gasteiger partial charge on any atom is 0.416 e. The molecular formula is C22H22N6O3. The largest absolute Gasteiger partial charge is 0.416 e. The normalized spacial score (nSPS) is 15.0. The molecular weight excluding hydrogens is 396 g/mol. The molecule has 0 bridgehead atoms. The van der Waals surface area contributed by atoms with Gasteiger partial charge in [0, 0.05) is 43.5 Å². The summed E-state index contributed by atoms with van der Waals surface area (Å²) in [6.45, 7) is 4.56. The van der Waals surface area contributed by atoms with E-state index in [4.69, 9.17) is 4.74 Å². The Morgan fingerprint density at radius 2 is 1.84 bits per heavy atom. The summed E-state index contributed by atoms with van der Waals surface area (Å²) < 4.78 is 7.12. The zero-order valence-corrected chi connectivity index (χ0v) is 17.3. The molecule has 0 saturated carbocycles. The van der Waals surface area contributed by atoms with Gasteiger partial charge in [0.15, 0.2) is 5.65 Å². The van der Waals surface area contributed by atoms with Crippen LogP contribution in [0.15, 0.2) is 47.4 Å². The third kappa shape index (κ3) is 3.42. The van der Waals surface area contributed by atoms with E-state index in [1.54, 1.807) is 29.3 Å². The van der Waals surface area contributed by atoms with Crippen LogP contribution < -0.4 is 10.3 Å². The first kappa shape index (κ1) is 19.3. The summed E-state index contributed by atoms with van der Waals surface area (Å²) in [7, 11) is 2.02. The first-order valence-corrected chi connectivity index (χ1v) is 10.1. The van der Waals surface area contributed by atoms with Crippen molar-refractivity contribution in [3.05, 3.63) is 58.6 Å². The molecule has 0 atom stereocenters. The molecule has 0 aliphatic carbocycles. The predicted molar refractivity (Wildman–Crippen MR) is 116 cm³/mol. The number of hydrogen-bond acceptors (Lipinski definition) is 6. The summed E-state index contributed by atoms with van der Waals surface area (Å²) in [5.74, 6) is 0.477. The predicted octanol–water partition coefficient (Wildman–Crippen LogP) is 2.27. The fraction of sp³-hybridized carbons (Fsp3) is 0.273. The van der Waals surface area contributed by atoms with Crippen LogP contribution in [0.25, 0.3) is 28.1 Å². The molecule has 1 saturated heterocycles. The lowest BCUT2D eigenvalue weighted by Crippen LogP contribution is -2.48. The van der Waals surface area contributed by atoms with Crippen molar-refractivity contribution in [3.8, 4) is 23.0 Å². The first-order chi connectivity index (χ1) is 15.0. The number of pyridine rings is 3. The lowest BCUT2D eigenvalue weighted by Gasteiger charge is -2.31. The van der Waals surface area contributed by atoms with E-state index >= 15 is 0 Å². The maximum absolute atomic E-state index is 13.2. The zero-order chi connectivity index (χ0) is 21.5. The summed E-state index contributed by atoms with van der Waals surface area (Å²) in [5, 5.41) is 0.862. The lowest BCUT2D eigenvalue weighted by atomic mass is 10.2.